The molecule has 8 heteroatoms. The molecule has 3 rings (SSSR count). The zero-order valence-corrected chi connectivity index (χ0v) is 17.5. The van der Waals surface area contributed by atoms with Gasteiger partial charge in [-0.1, -0.05) is 28.9 Å². The Morgan fingerprint density at radius 1 is 1.17 bits per heavy atom. The molecule has 1 aromatic heterocycles. The van der Waals surface area contributed by atoms with Gasteiger partial charge >= 0.3 is 5.97 Å². The molecule has 0 unspecified atom stereocenters. The molecule has 0 saturated heterocycles. The van der Waals surface area contributed by atoms with E-state index in [2.05, 4.69) is 10.5 Å². The van der Waals surface area contributed by atoms with Gasteiger partial charge in [-0.2, -0.15) is 0 Å². The van der Waals surface area contributed by atoms with Crippen LogP contribution in [0.1, 0.15) is 50.7 Å². The minimum absolute atomic E-state index is 0.157. The highest BCUT2D eigenvalue weighted by molar-refractivity contribution is 6.31. The van der Waals surface area contributed by atoms with Crippen LogP contribution in [0.4, 0.5) is 0 Å². The molecule has 30 heavy (non-hydrogen) atoms. The smallest absolute Gasteiger partial charge is 0.337 e. The number of carbonyl (C=O) groups is 2. The average molecular weight is 429 g/mol. The SMILES string of the molecule is COC(=O)c1ccc([C@H](C)NC(=O)c2cc(Cl)ccc2OCc2cc(C)on2)cc1. The molecule has 0 bridgehead atoms. The Kier molecular flexibility index (Phi) is 6.74. The van der Waals surface area contributed by atoms with Crippen molar-refractivity contribution in [2.75, 3.05) is 7.11 Å². The number of methoxy groups -OCH3 is 1. The van der Waals surface area contributed by atoms with Crippen LogP contribution in [0.5, 0.6) is 5.75 Å². The Bertz CT molecular complexity index is 1050. The fraction of sp³-hybridized carbons (Fsp3) is 0.227. The number of nitrogens with zero attached hydrogens (tertiary/aromatic N) is 1. The summed E-state index contributed by atoms with van der Waals surface area (Å²) < 4.78 is 15.5. The minimum atomic E-state index is -0.415. The van der Waals surface area contributed by atoms with Crippen molar-refractivity contribution in [3.8, 4) is 5.75 Å². The number of rotatable bonds is 7. The third-order valence-corrected chi connectivity index (χ3v) is 4.65. The number of hydrogen-bond donors (Lipinski definition) is 1. The van der Waals surface area contributed by atoms with Crippen LogP contribution in [0.25, 0.3) is 0 Å². The summed E-state index contributed by atoms with van der Waals surface area (Å²) in [6.07, 6.45) is 0. The maximum Gasteiger partial charge on any atom is 0.337 e. The highest BCUT2D eigenvalue weighted by atomic mass is 35.5. The van der Waals surface area contributed by atoms with E-state index in [0.29, 0.717) is 33.4 Å². The Morgan fingerprint density at radius 3 is 2.53 bits per heavy atom. The van der Waals surface area contributed by atoms with Crippen molar-refractivity contribution in [1.29, 1.82) is 0 Å². The molecule has 1 heterocycles. The van der Waals surface area contributed by atoms with Gasteiger partial charge in [-0.25, -0.2) is 4.79 Å². The molecule has 0 spiro atoms. The third kappa shape index (κ3) is 5.18. The monoisotopic (exact) mass is 428 g/mol. The second-order valence-corrected chi connectivity index (χ2v) is 7.10. The first-order valence-electron chi connectivity index (χ1n) is 9.21. The molecule has 0 saturated carbocycles. The topological polar surface area (TPSA) is 90.7 Å². The van der Waals surface area contributed by atoms with Crippen LogP contribution in [0, 0.1) is 6.92 Å². The molecule has 156 valence electrons. The zero-order valence-electron chi connectivity index (χ0n) is 16.8. The number of amides is 1. The number of carbonyl (C=O) groups excluding carboxylic acids is 2. The van der Waals surface area contributed by atoms with Crippen molar-refractivity contribution in [2.24, 2.45) is 0 Å². The highest BCUT2D eigenvalue weighted by Crippen LogP contribution is 2.25. The first kappa shape index (κ1) is 21.4. The van der Waals surface area contributed by atoms with Crippen LogP contribution in [-0.2, 0) is 11.3 Å². The van der Waals surface area contributed by atoms with Gasteiger partial charge in [0, 0.05) is 11.1 Å². The lowest BCUT2D eigenvalue weighted by Crippen LogP contribution is -2.27. The van der Waals surface area contributed by atoms with Crippen LogP contribution in [0.15, 0.2) is 53.1 Å². The molecule has 1 amide bonds. The lowest BCUT2D eigenvalue weighted by Gasteiger charge is -2.17. The van der Waals surface area contributed by atoms with Crippen molar-refractivity contribution in [3.05, 3.63) is 81.7 Å². The molecule has 7 nitrogen and oxygen atoms in total. The first-order chi connectivity index (χ1) is 14.4. The summed E-state index contributed by atoms with van der Waals surface area (Å²) in [5, 5.41) is 7.21. The molecule has 2 aromatic carbocycles. The summed E-state index contributed by atoms with van der Waals surface area (Å²) >= 11 is 6.09. The summed E-state index contributed by atoms with van der Waals surface area (Å²) in [6, 6.07) is 13.1. The summed E-state index contributed by atoms with van der Waals surface area (Å²) in [7, 11) is 1.33. The molecule has 0 fully saturated rings. The molecule has 0 aliphatic rings. The lowest BCUT2D eigenvalue weighted by atomic mass is 10.1. The Morgan fingerprint density at radius 2 is 1.90 bits per heavy atom. The van der Waals surface area contributed by atoms with Gasteiger partial charge in [0.25, 0.3) is 5.91 Å². The maximum atomic E-state index is 12.9. The predicted molar refractivity (Wildman–Crippen MR) is 111 cm³/mol. The number of aromatic nitrogens is 1. The van der Waals surface area contributed by atoms with Crippen LogP contribution in [0.3, 0.4) is 0 Å². The van der Waals surface area contributed by atoms with Crippen LogP contribution < -0.4 is 10.1 Å². The van der Waals surface area contributed by atoms with Crippen molar-refractivity contribution in [2.45, 2.75) is 26.5 Å². The highest BCUT2D eigenvalue weighted by Gasteiger charge is 2.18. The van der Waals surface area contributed by atoms with Crippen molar-refractivity contribution in [1.82, 2.24) is 10.5 Å². The second kappa shape index (κ2) is 9.45. The van der Waals surface area contributed by atoms with Gasteiger partial charge in [0.2, 0.25) is 0 Å². The molecule has 0 aliphatic carbocycles. The zero-order chi connectivity index (χ0) is 21.7. The third-order valence-electron chi connectivity index (χ3n) is 4.42. The molecule has 0 aliphatic heterocycles. The van der Waals surface area contributed by atoms with E-state index in [1.54, 1.807) is 55.5 Å². The number of halogens is 1. The van der Waals surface area contributed by atoms with Gasteiger partial charge in [0.05, 0.1) is 24.3 Å². The minimum Gasteiger partial charge on any atom is -0.486 e. The fourth-order valence-electron chi connectivity index (χ4n) is 2.83. The van der Waals surface area contributed by atoms with Gasteiger partial charge in [-0.3, -0.25) is 4.79 Å². The van der Waals surface area contributed by atoms with Crippen LogP contribution in [0.2, 0.25) is 5.02 Å². The summed E-state index contributed by atoms with van der Waals surface area (Å²) in [4.78, 5) is 24.4. The van der Waals surface area contributed by atoms with Crippen molar-refractivity contribution in [3.63, 3.8) is 0 Å². The van der Waals surface area contributed by atoms with E-state index < -0.39 is 5.97 Å². The first-order valence-corrected chi connectivity index (χ1v) is 9.59. The second-order valence-electron chi connectivity index (χ2n) is 6.67. The summed E-state index contributed by atoms with van der Waals surface area (Å²) in [6.45, 7) is 3.79. The van der Waals surface area contributed by atoms with E-state index in [0.717, 1.165) is 5.56 Å². The average Bonchev–Trinajstić information content (AvgIpc) is 3.17. The van der Waals surface area contributed by atoms with Crippen molar-refractivity contribution < 1.29 is 23.6 Å². The lowest BCUT2D eigenvalue weighted by molar-refractivity contribution is 0.0600. The molecular weight excluding hydrogens is 408 g/mol. The predicted octanol–water partition coefficient (Wildman–Crippen LogP) is 4.49. The van der Waals surface area contributed by atoms with Gasteiger partial charge < -0.3 is 19.3 Å². The normalized spacial score (nSPS) is 11.6. The Labute approximate surface area is 178 Å². The molecule has 1 atom stereocenters. The van der Waals surface area contributed by atoms with Gasteiger partial charge in [-0.15, -0.1) is 0 Å². The number of aryl methyl sites for hydroxylation is 1. The Hall–Kier alpha value is -3.32. The number of esters is 1. The quantitative estimate of drug-likeness (QED) is 0.557. The maximum absolute atomic E-state index is 12.9. The number of hydrogen-bond acceptors (Lipinski definition) is 6. The Balaban J connectivity index is 1.72. The van der Waals surface area contributed by atoms with E-state index in [9.17, 15) is 9.59 Å². The van der Waals surface area contributed by atoms with E-state index in [-0.39, 0.29) is 18.6 Å². The van der Waals surface area contributed by atoms with Gasteiger partial charge in [-0.05, 0) is 49.7 Å². The number of benzene rings is 2. The molecule has 3 aromatic rings. The van der Waals surface area contributed by atoms with Gasteiger partial charge in [0.15, 0.2) is 0 Å². The number of nitrogens with one attached hydrogen (secondary N) is 1. The van der Waals surface area contributed by atoms with Crippen LogP contribution >= 0.6 is 11.6 Å². The van der Waals surface area contributed by atoms with E-state index in [4.69, 9.17) is 25.6 Å². The van der Waals surface area contributed by atoms with E-state index >= 15 is 0 Å². The molecular formula is C22H21ClN2O5. The van der Waals surface area contributed by atoms with E-state index in [1.165, 1.54) is 7.11 Å². The molecule has 0 radical (unpaired) electrons. The standard InChI is InChI=1S/C22H21ClN2O5/c1-13-10-18(25-30-13)12-29-20-9-8-17(23)11-19(20)21(26)24-14(2)15-4-6-16(7-5-15)22(27)28-3/h4-11,14H,12H2,1-3H3,(H,24,26)/t14-/m0/s1. The number of ether oxygens (including phenoxy) is 2. The van der Waals surface area contributed by atoms with Crippen molar-refractivity contribution >= 4 is 23.5 Å². The summed E-state index contributed by atoms with van der Waals surface area (Å²) in [5.41, 5.74) is 2.19. The van der Waals surface area contributed by atoms with Crippen LogP contribution in [-0.4, -0.2) is 24.1 Å². The molecule has 1 N–H and O–H groups in total. The largest absolute Gasteiger partial charge is 0.486 e. The van der Waals surface area contributed by atoms with Gasteiger partial charge in [0.1, 0.15) is 23.8 Å². The summed E-state index contributed by atoms with van der Waals surface area (Å²) in [5.74, 6) is 0.301. The fourth-order valence-corrected chi connectivity index (χ4v) is 3.00. The van der Waals surface area contributed by atoms with E-state index in [1.807, 2.05) is 6.92 Å².